The van der Waals surface area contributed by atoms with Gasteiger partial charge in [-0.25, -0.2) is 4.98 Å². The number of aromatic nitrogens is 2. The monoisotopic (exact) mass is 439 g/mol. The van der Waals surface area contributed by atoms with Crippen LogP contribution in [0.5, 0.6) is 5.75 Å². The van der Waals surface area contributed by atoms with E-state index in [1.54, 1.807) is 42.5 Å². The molecule has 1 N–H and O–H groups in total. The number of amides is 1. The molecule has 3 rings (SSSR count). The number of para-hydroxylation sites is 1. The molecule has 5 nitrogen and oxygen atoms in total. The lowest BCUT2D eigenvalue weighted by molar-refractivity contribution is 0.0670. The first-order valence-corrected chi connectivity index (χ1v) is 9.45. The number of rotatable bonds is 8. The van der Waals surface area contributed by atoms with Gasteiger partial charge in [-0.3, -0.25) is 9.36 Å². The van der Waals surface area contributed by atoms with Gasteiger partial charge in [0.25, 0.3) is 5.91 Å². The van der Waals surface area contributed by atoms with Gasteiger partial charge in [-0.15, -0.1) is 0 Å². The molecule has 29 heavy (non-hydrogen) atoms. The molecule has 152 valence electrons. The van der Waals surface area contributed by atoms with Crippen LogP contribution in [-0.4, -0.2) is 22.0 Å². The third-order valence-electron chi connectivity index (χ3n) is 4.12. The highest BCUT2D eigenvalue weighted by molar-refractivity contribution is 6.35. The van der Waals surface area contributed by atoms with Gasteiger partial charge in [-0.05, 0) is 24.3 Å². The molecular weight excluding hydrogens is 423 g/mol. The number of imidazole rings is 1. The molecule has 1 amide bonds. The van der Waals surface area contributed by atoms with E-state index < -0.39 is 6.55 Å². The molecule has 0 fully saturated rings. The quantitative estimate of drug-likeness (QED) is 0.528. The fourth-order valence-electron chi connectivity index (χ4n) is 2.67. The zero-order chi connectivity index (χ0) is 20.8. The van der Waals surface area contributed by atoms with Gasteiger partial charge >= 0.3 is 6.55 Å². The average molecular weight is 440 g/mol. The maximum atomic E-state index is 12.8. The summed E-state index contributed by atoms with van der Waals surface area (Å²) < 4.78 is 32.2. The number of nitrogens with zero attached hydrogens (tertiary/aromatic N) is 2. The Morgan fingerprint density at radius 2 is 2.00 bits per heavy atom. The second kappa shape index (κ2) is 9.71. The second-order valence-corrected chi connectivity index (χ2v) is 6.90. The maximum Gasteiger partial charge on any atom is 0.319 e. The van der Waals surface area contributed by atoms with Crippen LogP contribution < -0.4 is 10.1 Å². The predicted octanol–water partition coefficient (Wildman–Crippen LogP) is 5.14. The van der Waals surface area contributed by atoms with E-state index in [1.165, 1.54) is 12.4 Å². The molecule has 2 aromatic carbocycles. The Morgan fingerprint density at radius 1 is 1.21 bits per heavy atom. The van der Waals surface area contributed by atoms with Crippen LogP contribution in [0.3, 0.4) is 0 Å². The summed E-state index contributed by atoms with van der Waals surface area (Å²) in [4.78, 5) is 16.4. The number of benzene rings is 2. The van der Waals surface area contributed by atoms with E-state index in [-0.39, 0.29) is 31.3 Å². The highest BCUT2D eigenvalue weighted by atomic mass is 35.5. The van der Waals surface area contributed by atoms with Crippen molar-refractivity contribution in [1.82, 2.24) is 14.9 Å². The van der Waals surface area contributed by atoms with Crippen LogP contribution in [-0.2, 0) is 13.0 Å². The number of alkyl halides is 2. The molecule has 1 aromatic heterocycles. The van der Waals surface area contributed by atoms with Crippen molar-refractivity contribution in [3.05, 3.63) is 81.9 Å². The summed E-state index contributed by atoms with van der Waals surface area (Å²) in [5.74, 6) is 0.199. The fourth-order valence-corrected chi connectivity index (χ4v) is 3.14. The van der Waals surface area contributed by atoms with Crippen molar-refractivity contribution < 1.29 is 18.3 Å². The van der Waals surface area contributed by atoms with Crippen LogP contribution in [0, 0.1) is 0 Å². The molecule has 0 saturated heterocycles. The zero-order valence-electron chi connectivity index (χ0n) is 15.1. The minimum absolute atomic E-state index is 0.153. The number of halogens is 4. The van der Waals surface area contributed by atoms with E-state index in [0.29, 0.717) is 21.4 Å². The van der Waals surface area contributed by atoms with Crippen LogP contribution in [0.4, 0.5) is 8.78 Å². The van der Waals surface area contributed by atoms with E-state index in [4.69, 9.17) is 27.9 Å². The van der Waals surface area contributed by atoms with Crippen LogP contribution in [0.15, 0.2) is 54.9 Å². The van der Waals surface area contributed by atoms with Gasteiger partial charge in [0.05, 0.1) is 5.56 Å². The van der Waals surface area contributed by atoms with Crippen molar-refractivity contribution in [2.75, 3.05) is 6.54 Å². The summed E-state index contributed by atoms with van der Waals surface area (Å²) in [6.45, 7) is -2.36. The molecule has 0 bridgehead atoms. The number of hydrogen-bond acceptors (Lipinski definition) is 3. The summed E-state index contributed by atoms with van der Waals surface area (Å²) in [5, 5.41) is 3.69. The molecule has 0 spiro atoms. The Bertz CT molecular complexity index is 995. The average Bonchev–Trinajstić information content (AvgIpc) is 3.16. The predicted molar refractivity (Wildman–Crippen MR) is 107 cm³/mol. The van der Waals surface area contributed by atoms with Crippen molar-refractivity contribution in [2.45, 2.75) is 19.6 Å². The molecule has 0 aliphatic heterocycles. The first-order valence-electron chi connectivity index (χ1n) is 8.69. The molecule has 0 aliphatic rings. The lowest BCUT2D eigenvalue weighted by Gasteiger charge is -2.13. The van der Waals surface area contributed by atoms with E-state index in [0.717, 1.165) is 10.1 Å². The van der Waals surface area contributed by atoms with Crippen LogP contribution in [0.2, 0.25) is 10.0 Å². The van der Waals surface area contributed by atoms with Gasteiger partial charge in [0.1, 0.15) is 18.2 Å². The molecule has 0 atom stereocenters. The topological polar surface area (TPSA) is 56.2 Å². The third kappa shape index (κ3) is 5.46. The van der Waals surface area contributed by atoms with E-state index >= 15 is 0 Å². The lowest BCUT2D eigenvalue weighted by Crippen LogP contribution is -2.27. The van der Waals surface area contributed by atoms with Crippen molar-refractivity contribution in [3.8, 4) is 5.75 Å². The minimum Gasteiger partial charge on any atom is -0.488 e. The SMILES string of the molecule is O=C(NCCc1nccn1C(F)F)c1ccccc1OCc1ccc(Cl)cc1Cl. The Morgan fingerprint density at radius 3 is 2.76 bits per heavy atom. The summed E-state index contributed by atoms with van der Waals surface area (Å²) in [6.07, 6.45) is 2.67. The Hall–Kier alpha value is -2.64. The molecule has 9 heteroatoms. The molecule has 1 heterocycles. The van der Waals surface area contributed by atoms with Crippen LogP contribution >= 0.6 is 23.2 Å². The molecule has 0 radical (unpaired) electrons. The zero-order valence-corrected chi connectivity index (χ0v) is 16.6. The van der Waals surface area contributed by atoms with Crippen molar-refractivity contribution in [1.29, 1.82) is 0 Å². The number of carbonyl (C=O) groups excluding carboxylic acids is 1. The molecular formula is C20H17Cl2F2N3O2. The number of ether oxygens (including phenoxy) is 1. The molecule has 0 unspecified atom stereocenters. The number of hydrogen-bond donors (Lipinski definition) is 1. The maximum absolute atomic E-state index is 12.8. The summed E-state index contributed by atoms with van der Waals surface area (Å²) in [7, 11) is 0. The van der Waals surface area contributed by atoms with Gasteiger partial charge in [-0.1, -0.05) is 41.4 Å². The fraction of sp³-hybridized carbons (Fsp3) is 0.200. The van der Waals surface area contributed by atoms with Crippen molar-refractivity contribution in [2.24, 2.45) is 0 Å². The van der Waals surface area contributed by atoms with Gasteiger partial charge in [-0.2, -0.15) is 8.78 Å². The first kappa shape index (κ1) is 21.1. The van der Waals surface area contributed by atoms with Gasteiger partial charge in [0.15, 0.2) is 0 Å². The summed E-state index contributed by atoms with van der Waals surface area (Å²) in [5.41, 5.74) is 1.06. The standard InChI is InChI=1S/C20H17Cl2F2N3O2/c21-14-6-5-13(16(22)11-14)12-29-17-4-2-1-3-15(17)19(28)26-8-7-18-25-9-10-27(18)20(23)24/h1-6,9-11,20H,7-8,12H2,(H,26,28). The third-order valence-corrected chi connectivity index (χ3v) is 4.71. The van der Waals surface area contributed by atoms with Crippen molar-refractivity contribution in [3.63, 3.8) is 0 Å². The molecule has 3 aromatic rings. The van der Waals surface area contributed by atoms with Gasteiger partial charge < -0.3 is 10.1 Å². The van der Waals surface area contributed by atoms with Gasteiger partial charge in [0, 0.05) is 41.0 Å². The minimum atomic E-state index is -2.67. The Balaban J connectivity index is 1.61. The second-order valence-electron chi connectivity index (χ2n) is 6.05. The van der Waals surface area contributed by atoms with Crippen LogP contribution in [0.1, 0.15) is 28.3 Å². The summed E-state index contributed by atoms with van der Waals surface area (Å²) in [6, 6.07) is 11.8. The highest BCUT2D eigenvalue weighted by Gasteiger charge is 2.14. The smallest absolute Gasteiger partial charge is 0.319 e. The number of nitrogens with one attached hydrogen (secondary N) is 1. The van der Waals surface area contributed by atoms with Gasteiger partial charge in [0.2, 0.25) is 0 Å². The van der Waals surface area contributed by atoms with E-state index in [1.807, 2.05) is 0 Å². The Kier molecular flexibility index (Phi) is 7.06. The van der Waals surface area contributed by atoms with E-state index in [2.05, 4.69) is 10.3 Å². The largest absolute Gasteiger partial charge is 0.488 e. The number of carbonyl (C=O) groups is 1. The first-order chi connectivity index (χ1) is 14.0. The highest BCUT2D eigenvalue weighted by Crippen LogP contribution is 2.24. The molecule has 0 saturated carbocycles. The summed E-state index contributed by atoms with van der Waals surface area (Å²) >= 11 is 12.0. The van der Waals surface area contributed by atoms with Crippen molar-refractivity contribution >= 4 is 29.1 Å². The molecule has 0 aliphatic carbocycles. The van der Waals surface area contributed by atoms with Crippen LogP contribution in [0.25, 0.3) is 0 Å². The lowest BCUT2D eigenvalue weighted by atomic mass is 10.2. The Labute approximate surface area is 176 Å². The van der Waals surface area contributed by atoms with E-state index in [9.17, 15) is 13.6 Å². The normalized spacial score (nSPS) is 10.9.